The molecule has 0 unspecified atom stereocenters. The maximum atomic E-state index is 12.7. The van der Waals surface area contributed by atoms with Crippen LogP contribution in [-0.2, 0) is 17.4 Å². The molecule has 0 bridgehead atoms. The Labute approximate surface area is 157 Å². The van der Waals surface area contributed by atoms with Crippen LogP contribution in [0.1, 0.15) is 11.1 Å². The molecule has 0 fully saturated rings. The summed E-state index contributed by atoms with van der Waals surface area (Å²) in [5, 5.41) is 11.0. The Hall–Kier alpha value is -2.75. The molecule has 1 amide bonds. The van der Waals surface area contributed by atoms with Gasteiger partial charge in [-0.3, -0.25) is 25.8 Å². The second-order valence-corrected chi connectivity index (χ2v) is 6.55. The number of hydrogen-bond acceptors (Lipinski definition) is 5. The first-order valence-corrected chi connectivity index (χ1v) is 8.95. The van der Waals surface area contributed by atoms with Crippen LogP contribution in [0.4, 0.5) is 24.5 Å². The Morgan fingerprint density at radius 3 is 2.48 bits per heavy atom. The third kappa shape index (κ3) is 6.48. The van der Waals surface area contributed by atoms with Gasteiger partial charge in [0.05, 0.1) is 16.2 Å². The van der Waals surface area contributed by atoms with E-state index in [-0.39, 0.29) is 11.4 Å². The summed E-state index contributed by atoms with van der Waals surface area (Å²) >= 11 is 1.37. The first-order chi connectivity index (χ1) is 12.8. The molecule has 0 spiro atoms. The fourth-order valence-electron chi connectivity index (χ4n) is 2.14. The maximum Gasteiger partial charge on any atom is 0.416 e. The summed E-state index contributed by atoms with van der Waals surface area (Å²) in [6.45, 7) is 0. The van der Waals surface area contributed by atoms with Crippen LogP contribution in [0.15, 0.2) is 48.5 Å². The van der Waals surface area contributed by atoms with E-state index in [1.54, 1.807) is 0 Å². The molecule has 0 aliphatic rings. The highest BCUT2D eigenvalue weighted by Crippen LogP contribution is 2.34. The summed E-state index contributed by atoms with van der Waals surface area (Å²) in [4.78, 5) is 21.8. The van der Waals surface area contributed by atoms with Crippen LogP contribution in [-0.4, -0.2) is 22.3 Å². The van der Waals surface area contributed by atoms with Gasteiger partial charge in [-0.2, -0.15) is 24.9 Å². The Morgan fingerprint density at radius 2 is 1.85 bits per heavy atom. The monoisotopic (exact) mass is 399 g/mol. The zero-order chi connectivity index (χ0) is 19.9. The maximum absolute atomic E-state index is 12.7. The lowest BCUT2D eigenvalue weighted by Crippen LogP contribution is -2.31. The minimum Gasteiger partial charge on any atom is -0.292 e. The topological polar surface area (TPSA) is 84.3 Å². The molecule has 0 saturated heterocycles. The largest absolute Gasteiger partial charge is 0.416 e. The van der Waals surface area contributed by atoms with Gasteiger partial charge in [0.25, 0.3) is 5.69 Å². The molecule has 0 aromatic heterocycles. The number of halogens is 3. The standard InChI is InChI=1S/C17H16F3N3O3S/c18-17(19,20)13-6-7-14(15(10-13)23(25)26)21-22-16(24)11-27-9-8-12-4-2-1-3-5-12/h1-7,10,21H,8-9,11H2,(H,22,24). The zero-order valence-corrected chi connectivity index (χ0v) is 14.8. The van der Waals surface area contributed by atoms with Crippen LogP contribution >= 0.6 is 11.8 Å². The summed E-state index contributed by atoms with van der Waals surface area (Å²) in [7, 11) is 0. The number of nitro groups is 1. The van der Waals surface area contributed by atoms with Gasteiger partial charge in [-0.15, -0.1) is 0 Å². The average molecular weight is 399 g/mol. The molecular weight excluding hydrogens is 383 g/mol. The quantitative estimate of drug-likeness (QED) is 0.398. The molecule has 2 aromatic rings. The SMILES string of the molecule is O=C(CSCCc1ccccc1)NNc1ccc(C(F)(F)F)cc1[N+](=O)[O-]. The van der Waals surface area contributed by atoms with Crippen molar-refractivity contribution >= 4 is 29.0 Å². The Kier molecular flexibility index (Phi) is 7.05. The number of hydrazine groups is 1. The third-order valence-electron chi connectivity index (χ3n) is 3.47. The van der Waals surface area contributed by atoms with Crippen molar-refractivity contribution in [2.24, 2.45) is 0 Å². The van der Waals surface area contributed by atoms with Gasteiger partial charge in [-0.1, -0.05) is 30.3 Å². The predicted octanol–water partition coefficient (Wildman–Crippen LogP) is 4.03. The number of nitrogens with zero attached hydrogens (tertiary/aromatic N) is 1. The van der Waals surface area contributed by atoms with E-state index in [0.29, 0.717) is 17.9 Å². The van der Waals surface area contributed by atoms with Gasteiger partial charge >= 0.3 is 6.18 Å². The molecular formula is C17H16F3N3O3S. The van der Waals surface area contributed by atoms with Gasteiger partial charge in [0, 0.05) is 6.07 Å². The Bertz CT molecular complexity index is 801. The van der Waals surface area contributed by atoms with Gasteiger partial charge in [0.2, 0.25) is 5.91 Å². The van der Waals surface area contributed by atoms with Gasteiger partial charge in [0.1, 0.15) is 5.69 Å². The molecule has 0 aliphatic heterocycles. The molecule has 2 rings (SSSR count). The average Bonchev–Trinajstić information content (AvgIpc) is 2.63. The lowest BCUT2D eigenvalue weighted by molar-refractivity contribution is -0.384. The van der Waals surface area contributed by atoms with Crippen molar-refractivity contribution in [2.45, 2.75) is 12.6 Å². The number of carbonyl (C=O) groups is 1. The van der Waals surface area contributed by atoms with Crippen molar-refractivity contribution in [2.75, 3.05) is 16.9 Å². The first-order valence-electron chi connectivity index (χ1n) is 7.79. The summed E-state index contributed by atoms with van der Waals surface area (Å²) in [5.41, 5.74) is 3.57. The van der Waals surface area contributed by atoms with Gasteiger partial charge in [-0.25, -0.2) is 0 Å². The molecule has 0 heterocycles. The molecule has 27 heavy (non-hydrogen) atoms. The number of hydrogen-bond donors (Lipinski definition) is 2. The van der Waals surface area contributed by atoms with E-state index in [1.807, 2.05) is 30.3 Å². The number of rotatable bonds is 8. The second-order valence-electron chi connectivity index (χ2n) is 5.45. The normalized spacial score (nSPS) is 11.1. The van der Waals surface area contributed by atoms with Crippen LogP contribution in [0.3, 0.4) is 0 Å². The van der Waals surface area contributed by atoms with E-state index >= 15 is 0 Å². The minimum atomic E-state index is -4.69. The zero-order valence-electron chi connectivity index (χ0n) is 14.0. The number of alkyl halides is 3. The minimum absolute atomic E-state index is 0.105. The highest BCUT2D eigenvalue weighted by atomic mass is 32.2. The Morgan fingerprint density at radius 1 is 1.15 bits per heavy atom. The molecule has 144 valence electrons. The van der Waals surface area contributed by atoms with Crippen LogP contribution in [0, 0.1) is 10.1 Å². The molecule has 2 aromatic carbocycles. The van der Waals surface area contributed by atoms with E-state index in [1.165, 1.54) is 11.8 Å². The number of anilines is 1. The molecule has 0 atom stereocenters. The van der Waals surface area contributed by atoms with E-state index in [4.69, 9.17) is 0 Å². The highest BCUT2D eigenvalue weighted by Gasteiger charge is 2.33. The van der Waals surface area contributed by atoms with Crippen LogP contribution in [0.5, 0.6) is 0 Å². The van der Waals surface area contributed by atoms with Crippen LogP contribution in [0.25, 0.3) is 0 Å². The first kappa shape index (κ1) is 20.6. The van der Waals surface area contributed by atoms with E-state index < -0.39 is 28.3 Å². The molecule has 6 nitrogen and oxygen atoms in total. The summed E-state index contributed by atoms with van der Waals surface area (Å²) in [6.07, 6.45) is -3.90. The summed E-state index contributed by atoms with van der Waals surface area (Å²) in [6, 6.07) is 11.7. The Balaban J connectivity index is 1.84. The van der Waals surface area contributed by atoms with Crippen molar-refractivity contribution in [3.05, 3.63) is 69.8 Å². The van der Waals surface area contributed by atoms with E-state index in [0.717, 1.165) is 18.1 Å². The number of carbonyl (C=O) groups excluding carboxylic acids is 1. The number of nitrogens with one attached hydrogen (secondary N) is 2. The van der Waals surface area contributed by atoms with Crippen molar-refractivity contribution < 1.29 is 22.9 Å². The number of aryl methyl sites for hydroxylation is 1. The molecule has 10 heteroatoms. The lowest BCUT2D eigenvalue weighted by Gasteiger charge is -2.11. The fourth-order valence-corrected chi connectivity index (χ4v) is 2.92. The molecule has 0 saturated carbocycles. The van der Waals surface area contributed by atoms with Gasteiger partial charge in [-0.05, 0) is 29.9 Å². The molecule has 2 N–H and O–H groups in total. The van der Waals surface area contributed by atoms with Crippen molar-refractivity contribution in [3.63, 3.8) is 0 Å². The second kappa shape index (κ2) is 9.26. The van der Waals surface area contributed by atoms with Crippen molar-refractivity contribution in [1.82, 2.24) is 5.43 Å². The van der Waals surface area contributed by atoms with Gasteiger partial charge < -0.3 is 0 Å². The number of benzene rings is 2. The molecule has 0 aliphatic carbocycles. The predicted molar refractivity (Wildman–Crippen MR) is 97.3 cm³/mol. The third-order valence-corrected chi connectivity index (χ3v) is 4.43. The smallest absolute Gasteiger partial charge is 0.292 e. The van der Waals surface area contributed by atoms with E-state index in [2.05, 4.69) is 10.9 Å². The van der Waals surface area contributed by atoms with Crippen molar-refractivity contribution in [3.8, 4) is 0 Å². The number of nitro benzene ring substituents is 1. The molecule has 0 radical (unpaired) electrons. The van der Waals surface area contributed by atoms with Gasteiger partial charge in [0.15, 0.2) is 0 Å². The van der Waals surface area contributed by atoms with Crippen LogP contribution < -0.4 is 10.9 Å². The van der Waals surface area contributed by atoms with Crippen LogP contribution in [0.2, 0.25) is 0 Å². The fraction of sp³-hybridized carbons (Fsp3) is 0.235. The lowest BCUT2D eigenvalue weighted by atomic mass is 10.1. The summed E-state index contributed by atoms with van der Waals surface area (Å²) < 4.78 is 38.0. The summed E-state index contributed by atoms with van der Waals surface area (Å²) in [5.74, 6) is 0.369. The number of thioether (sulfide) groups is 1. The highest BCUT2D eigenvalue weighted by molar-refractivity contribution is 7.99. The number of amides is 1. The van der Waals surface area contributed by atoms with E-state index in [9.17, 15) is 28.1 Å². The van der Waals surface area contributed by atoms with Crippen molar-refractivity contribution in [1.29, 1.82) is 0 Å².